The number of piperidine rings is 1. The molecule has 0 aromatic rings. The number of nitrogens with zero attached hydrogens (tertiary/aromatic N) is 2. The predicted molar refractivity (Wildman–Crippen MR) is 62.3 cm³/mol. The van der Waals surface area contributed by atoms with E-state index < -0.39 is 0 Å². The molecule has 0 spiro atoms. The van der Waals surface area contributed by atoms with Gasteiger partial charge in [0.05, 0.1) is 5.92 Å². The molecule has 1 aliphatic heterocycles. The van der Waals surface area contributed by atoms with E-state index in [1.807, 2.05) is 11.8 Å². The molecule has 3 heteroatoms. The number of fused-ring (bicyclic) bond motifs is 1. The summed E-state index contributed by atoms with van der Waals surface area (Å²) in [6, 6.07) is 0. The van der Waals surface area contributed by atoms with Gasteiger partial charge in [0.25, 0.3) is 0 Å². The van der Waals surface area contributed by atoms with Crippen molar-refractivity contribution in [2.75, 3.05) is 6.54 Å². The first kappa shape index (κ1) is 11.4. The average Bonchev–Trinajstić information content (AvgIpc) is 2.98. The Morgan fingerprint density at radius 2 is 2.25 bits per heavy atom. The third-order valence-electron chi connectivity index (χ3n) is 4.41. The molecule has 0 radical (unpaired) electrons. The van der Waals surface area contributed by atoms with Crippen LogP contribution in [0.1, 0.15) is 33.6 Å². The van der Waals surface area contributed by atoms with Gasteiger partial charge in [0.1, 0.15) is 0 Å². The molecule has 2 aliphatic rings. The van der Waals surface area contributed by atoms with Crippen LogP contribution in [0.15, 0.2) is 0 Å². The van der Waals surface area contributed by atoms with E-state index in [4.69, 9.17) is 6.57 Å². The molecule has 1 heterocycles. The topological polar surface area (TPSA) is 24.7 Å². The zero-order valence-corrected chi connectivity index (χ0v) is 10.3. The number of likely N-dealkylation sites (tertiary alicyclic amines) is 1. The third kappa shape index (κ3) is 1.71. The van der Waals surface area contributed by atoms with Crippen LogP contribution in [0.2, 0.25) is 0 Å². The van der Waals surface area contributed by atoms with Crippen LogP contribution < -0.4 is 0 Å². The number of rotatable bonds is 3. The molecule has 1 amide bonds. The lowest BCUT2D eigenvalue weighted by Gasteiger charge is -2.25. The molecule has 88 valence electrons. The van der Waals surface area contributed by atoms with E-state index in [0.29, 0.717) is 17.8 Å². The van der Waals surface area contributed by atoms with E-state index in [0.717, 1.165) is 19.4 Å². The molecule has 2 fully saturated rings. The molecular weight excluding hydrogens is 200 g/mol. The van der Waals surface area contributed by atoms with Crippen molar-refractivity contribution in [3.05, 3.63) is 11.4 Å². The van der Waals surface area contributed by atoms with Crippen LogP contribution in [0.25, 0.3) is 4.85 Å². The normalized spacial score (nSPS) is 35.1. The van der Waals surface area contributed by atoms with Crippen molar-refractivity contribution >= 4 is 5.91 Å². The number of hydrogen-bond acceptors (Lipinski definition) is 1. The van der Waals surface area contributed by atoms with Crippen LogP contribution in [0.4, 0.5) is 0 Å². The quantitative estimate of drug-likeness (QED) is 0.670. The fourth-order valence-electron chi connectivity index (χ4n) is 2.68. The summed E-state index contributed by atoms with van der Waals surface area (Å²) in [5, 5.41) is 0. The lowest BCUT2D eigenvalue weighted by atomic mass is 9.92. The first-order valence-corrected chi connectivity index (χ1v) is 6.27. The van der Waals surface area contributed by atoms with E-state index >= 15 is 0 Å². The van der Waals surface area contributed by atoms with Crippen molar-refractivity contribution in [1.82, 2.24) is 4.90 Å². The fourth-order valence-corrected chi connectivity index (χ4v) is 2.68. The maximum absolute atomic E-state index is 12.3. The Morgan fingerprint density at radius 1 is 1.56 bits per heavy atom. The Kier molecular flexibility index (Phi) is 2.92. The molecule has 2 rings (SSSR count). The minimum Gasteiger partial charge on any atom is -0.289 e. The Morgan fingerprint density at radius 3 is 2.81 bits per heavy atom. The van der Waals surface area contributed by atoms with Gasteiger partial charge in [-0.15, -0.1) is 0 Å². The summed E-state index contributed by atoms with van der Waals surface area (Å²) in [5.41, 5.74) is 0. The van der Waals surface area contributed by atoms with E-state index in [-0.39, 0.29) is 18.0 Å². The van der Waals surface area contributed by atoms with Gasteiger partial charge >= 0.3 is 6.17 Å². The third-order valence-corrected chi connectivity index (χ3v) is 4.41. The molecule has 0 N–H and O–H groups in total. The second-order valence-corrected chi connectivity index (χ2v) is 5.37. The smallest absolute Gasteiger partial charge is 0.289 e. The second-order valence-electron chi connectivity index (χ2n) is 5.37. The molecule has 1 saturated carbocycles. The molecule has 1 saturated heterocycles. The van der Waals surface area contributed by atoms with Crippen molar-refractivity contribution in [2.24, 2.45) is 23.7 Å². The zero-order valence-electron chi connectivity index (χ0n) is 10.3. The number of carbonyl (C=O) groups excluding carboxylic acids is 1. The standard InChI is InChI=1S/C13H20N2O/c1-5-8(2)9(3)13(16)15-7-10-6-11(10)12(15)14-4/h8-12H,5-7H2,1-3H3/t8?,9-,10+,11+,12?/m0/s1. The minimum atomic E-state index is -0.149. The Balaban J connectivity index is 2.03. The highest BCUT2D eigenvalue weighted by atomic mass is 16.2. The number of carbonyl (C=O) groups is 1. The van der Waals surface area contributed by atoms with E-state index in [1.54, 1.807) is 0 Å². The van der Waals surface area contributed by atoms with Gasteiger partial charge in [-0.2, -0.15) is 0 Å². The molecule has 3 nitrogen and oxygen atoms in total. The van der Waals surface area contributed by atoms with Gasteiger partial charge in [0, 0.05) is 12.5 Å². The summed E-state index contributed by atoms with van der Waals surface area (Å²) in [5.74, 6) is 1.79. The lowest BCUT2D eigenvalue weighted by Crippen LogP contribution is -2.41. The predicted octanol–water partition coefficient (Wildman–Crippen LogP) is 2.39. The molecule has 0 aromatic carbocycles. The number of hydrogen-bond donors (Lipinski definition) is 0. The minimum absolute atomic E-state index is 0.0618. The first-order valence-electron chi connectivity index (χ1n) is 6.27. The van der Waals surface area contributed by atoms with E-state index in [9.17, 15) is 4.79 Å². The zero-order chi connectivity index (χ0) is 11.9. The van der Waals surface area contributed by atoms with Gasteiger partial charge in [-0.25, -0.2) is 6.57 Å². The van der Waals surface area contributed by atoms with Crippen molar-refractivity contribution in [3.63, 3.8) is 0 Å². The summed E-state index contributed by atoms with van der Waals surface area (Å²) >= 11 is 0. The largest absolute Gasteiger partial charge is 0.303 e. The Bertz CT molecular complexity index is 333. The Hall–Kier alpha value is -1.04. The fraction of sp³-hybridized carbons (Fsp3) is 0.846. The van der Waals surface area contributed by atoms with Gasteiger partial charge in [0.15, 0.2) is 0 Å². The first-order chi connectivity index (χ1) is 7.60. The highest BCUT2D eigenvalue weighted by molar-refractivity contribution is 5.80. The van der Waals surface area contributed by atoms with E-state index in [2.05, 4.69) is 18.7 Å². The molecule has 0 bridgehead atoms. The number of amides is 1. The summed E-state index contributed by atoms with van der Waals surface area (Å²) < 4.78 is 0. The van der Waals surface area contributed by atoms with E-state index in [1.165, 1.54) is 0 Å². The SMILES string of the molecule is [C-]#[N+]C1[C@@H]2C[C@@H]2CN1C(=O)[C@@H](C)C(C)CC. The maximum atomic E-state index is 12.3. The summed E-state index contributed by atoms with van der Waals surface area (Å²) in [6.07, 6.45) is 2.04. The second kappa shape index (κ2) is 4.08. The van der Waals surface area contributed by atoms with Crippen molar-refractivity contribution in [2.45, 2.75) is 39.8 Å². The molecular formula is C13H20N2O. The maximum Gasteiger partial charge on any atom is 0.303 e. The Labute approximate surface area is 97.6 Å². The van der Waals surface area contributed by atoms with Crippen molar-refractivity contribution in [1.29, 1.82) is 0 Å². The molecule has 2 unspecified atom stereocenters. The van der Waals surface area contributed by atoms with Gasteiger partial charge in [-0.3, -0.25) is 14.5 Å². The van der Waals surface area contributed by atoms with Crippen LogP contribution in [-0.4, -0.2) is 23.5 Å². The van der Waals surface area contributed by atoms with Gasteiger partial charge in [0.2, 0.25) is 5.91 Å². The van der Waals surface area contributed by atoms with Crippen LogP contribution >= 0.6 is 0 Å². The van der Waals surface area contributed by atoms with Crippen LogP contribution in [0.5, 0.6) is 0 Å². The lowest BCUT2D eigenvalue weighted by molar-refractivity contribution is -0.137. The van der Waals surface area contributed by atoms with Crippen LogP contribution in [-0.2, 0) is 4.79 Å². The molecule has 1 aliphatic carbocycles. The summed E-state index contributed by atoms with van der Waals surface area (Å²) in [4.78, 5) is 17.7. The van der Waals surface area contributed by atoms with Crippen molar-refractivity contribution < 1.29 is 4.79 Å². The van der Waals surface area contributed by atoms with Crippen LogP contribution in [0.3, 0.4) is 0 Å². The average molecular weight is 220 g/mol. The summed E-state index contributed by atoms with van der Waals surface area (Å²) in [6.45, 7) is 14.3. The highest BCUT2D eigenvalue weighted by Crippen LogP contribution is 2.50. The van der Waals surface area contributed by atoms with Gasteiger partial charge in [-0.1, -0.05) is 27.2 Å². The van der Waals surface area contributed by atoms with Gasteiger partial charge in [-0.05, 0) is 18.3 Å². The van der Waals surface area contributed by atoms with Crippen LogP contribution in [0, 0.1) is 30.2 Å². The van der Waals surface area contributed by atoms with Gasteiger partial charge < -0.3 is 0 Å². The highest BCUT2D eigenvalue weighted by Gasteiger charge is 2.59. The van der Waals surface area contributed by atoms with Crippen molar-refractivity contribution in [3.8, 4) is 0 Å². The monoisotopic (exact) mass is 220 g/mol. The molecule has 0 aromatic heterocycles. The molecule has 5 atom stereocenters. The molecule has 16 heavy (non-hydrogen) atoms. The summed E-state index contributed by atoms with van der Waals surface area (Å²) in [7, 11) is 0.